The van der Waals surface area contributed by atoms with Crippen molar-refractivity contribution in [2.75, 3.05) is 6.61 Å². The van der Waals surface area contributed by atoms with Gasteiger partial charge in [-0.2, -0.15) is 0 Å². The number of benzene rings is 1. The van der Waals surface area contributed by atoms with Crippen molar-refractivity contribution in [2.24, 2.45) is 11.7 Å². The maximum absolute atomic E-state index is 11.8. The maximum Gasteiger partial charge on any atom is 0.237 e. The Balaban J connectivity index is 2.52. The summed E-state index contributed by atoms with van der Waals surface area (Å²) in [6.07, 6.45) is 0. The molecule has 0 heterocycles. The van der Waals surface area contributed by atoms with E-state index in [2.05, 4.69) is 5.32 Å². The summed E-state index contributed by atoms with van der Waals surface area (Å²) in [4.78, 5) is 11.8. The van der Waals surface area contributed by atoms with Gasteiger partial charge in [-0.1, -0.05) is 32.0 Å². The van der Waals surface area contributed by atoms with Crippen molar-refractivity contribution in [3.63, 3.8) is 0 Å². The summed E-state index contributed by atoms with van der Waals surface area (Å²) < 4.78 is 5.81. The summed E-state index contributed by atoms with van der Waals surface area (Å²) in [5, 5.41) is 2.88. The summed E-state index contributed by atoms with van der Waals surface area (Å²) in [6.45, 7) is 10.2. The molecule has 0 saturated carbocycles. The second kappa shape index (κ2) is 7.29. The van der Waals surface area contributed by atoms with Crippen molar-refractivity contribution in [3.8, 4) is 5.75 Å². The summed E-state index contributed by atoms with van der Waals surface area (Å²) in [5.41, 5.74) is 8.01. The highest BCUT2D eigenvalue weighted by atomic mass is 16.5. The van der Waals surface area contributed by atoms with Crippen molar-refractivity contribution in [3.05, 3.63) is 29.3 Å². The molecule has 112 valence electrons. The van der Waals surface area contributed by atoms with Gasteiger partial charge in [0.25, 0.3) is 0 Å². The molecule has 3 N–H and O–H groups in total. The van der Waals surface area contributed by atoms with E-state index in [1.807, 2.05) is 52.8 Å². The smallest absolute Gasteiger partial charge is 0.237 e. The summed E-state index contributed by atoms with van der Waals surface area (Å²) in [5.74, 6) is 0.890. The Hall–Kier alpha value is -1.55. The first-order valence-corrected chi connectivity index (χ1v) is 7.08. The van der Waals surface area contributed by atoms with Gasteiger partial charge >= 0.3 is 0 Å². The number of hydrogen-bond donors (Lipinski definition) is 2. The molecule has 0 aliphatic heterocycles. The van der Waals surface area contributed by atoms with Crippen LogP contribution in [0.15, 0.2) is 18.2 Å². The molecule has 0 bridgehead atoms. The van der Waals surface area contributed by atoms with E-state index < -0.39 is 6.04 Å². The first kappa shape index (κ1) is 16.5. The summed E-state index contributed by atoms with van der Waals surface area (Å²) in [6, 6.07) is 5.48. The topological polar surface area (TPSA) is 64.3 Å². The van der Waals surface area contributed by atoms with Crippen LogP contribution in [-0.2, 0) is 4.79 Å². The molecule has 0 fully saturated rings. The molecule has 4 nitrogen and oxygen atoms in total. The molecule has 1 aromatic carbocycles. The Labute approximate surface area is 121 Å². The van der Waals surface area contributed by atoms with E-state index in [9.17, 15) is 4.79 Å². The zero-order chi connectivity index (χ0) is 15.3. The molecule has 0 aromatic heterocycles. The van der Waals surface area contributed by atoms with E-state index in [1.165, 1.54) is 0 Å². The monoisotopic (exact) mass is 278 g/mol. The molecule has 1 aromatic rings. The Morgan fingerprint density at radius 1 is 1.25 bits per heavy atom. The number of amides is 1. The third-order valence-electron chi connectivity index (χ3n) is 3.30. The molecular formula is C16H26N2O2. The lowest BCUT2D eigenvalue weighted by molar-refractivity contribution is -0.124. The van der Waals surface area contributed by atoms with Crippen LogP contribution < -0.4 is 15.8 Å². The van der Waals surface area contributed by atoms with Crippen molar-refractivity contribution < 1.29 is 9.53 Å². The number of rotatable bonds is 6. The molecule has 0 aliphatic rings. The van der Waals surface area contributed by atoms with Gasteiger partial charge in [0.2, 0.25) is 5.91 Å². The van der Waals surface area contributed by atoms with Crippen LogP contribution in [0.2, 0.25) is 0 Å². The van der Waals surface area contributed by atoms with Crippen molar-refractivity contribution in [1.82, 2.24) is 5.32 Å². The number of ether oxygens (including phenoxy) is 1. The Kier molecular flexibility index (Phi) is 6.02. The molecule has 0 saturated heterocycles. The van der Waals surface area contributed by atoms with E-state index in [0.717, 1.165) is 16.9 Å². The van der Waals surface area contributed by atoms with Gasteiger partial charge in [0, 0.05) is 0 Å². The van der Waals surface area contributed by atoms with Gasteiger partial charge in [-0.05, 0) is 37.8 Å². The third-order valence-corrected chi connectivity index (χ3v) is 3.30. The lowest BCUT2D eigenvalue weighted by Crippen LogP contribution is -2.48. The normalized spacial score (nSPS) is 13.9. The molecule has 0 aliphatic carbocycles. The number of carbonyl (C=O) groups is 1. The van der Waals surface area contributed by atoms with Gasteiger partial charge in [0.05, 0.1) is 12.1 Å². The van der Waals surface area contributed by atoms with E-state index in [1.54, 1.807) is 0 Å². The minimum absolute atomic E-state index is 0.0775. The zero-order valence-electron chi connectivity index (χ0n) is 13.1. The quantitative estimate of drug-likeness (QED) is 0.838. The fraction of sp³-hybridized carbons (Fsp3) is 0.562. The van der Waals surface area contributed by atoms with Crippen LogP contribution in [0, 0.1) is 19.8 Å². The predicted molar refractivity (Wildman–Crippen MR) is 81.8 cm³/mol. The van der Waals surface area contributed by atoms with E-state index in [0.29, 0.717) is 6.61 Å². The lowest BCUT2D eigenvalue weighted by Gasteiger charge is -2.21. The van der Waals surface area contributed by atoms with Crippen LogP contribution >= 0.6 is 0 Å². The van der Waals surface area contributed by atoms with Crippen LogP contribution in [0.5, 0.6) is 5.75 Å². The number of carbonyl (C=O) groups excluding carboxylic acids is 1. The molecule has 1 unspecified atom stereocenters. The average molecular weight is 278 g/mol. The molecular weight excluding hydrogens is 252 g/mol. The van der Waals surface area contributed by atoms with Gasteiger partial charge in [-0.3, -0.25) is 4.79 Å². The van der Waals surface area contributed by atoms with Crippen LogP contribution in [0.4, 0.5) is 0 Å². The minimum atomic E-state index is -0.474. The summed E-state index contributed by atoms with van der Waals surface area (Å²) in [7, 11) is 0. The van der Waals surface area contributed by atoms with Crippen LogP contribution in [0.3, 0.4) is 0 Å². The Morgan fingerprint density at radius 2 is 1.80 bits per heavy atom. The standard InChI is InChI=1S/C16H26N2O2/c1-10(2)14(17)16(19)18-13(5)9-20-15-11(3)7-6-8-12(15)4/h6-8,10,13-14H,9,17H2,1-5H3,(H,18,19)/t13?,14-/m1/s1. The van der Waals surface area contributed by atoms with Crippen LogP contribution in [0.25, 0.3) is 0 Å². The van der Waals surface area contributed by atoms with E-state index >= 15 is 0 Å². The third kappa shape index (κ3) is 4.53. The molecule has 1 amide bonds. The van der Waals surface area contributed by atoms with E-state index in [4.69, 9.17) is 10.5 Å². The molecule has 4 heteroatoms. The molecule has 1 rings (SSSR count). The first-order chi connectivity index (χ1) is 9.32. The SMILES string of the molecule is Cc1cccc(C)c1OCC(C)NC(=O)[C@H](N)C(C)C. The highest BCUT2D eigenvalue weighted by Gasteiger charge is 2.19. The molecule has 0 radical (unpaired) electrons. The highest BCUT2D eigenvalue weighted by molar-refractivity contribution is 5.81. The lowest BCUT2D eigenvalue weighted by atomic mass is 10.0. The van der Waals surface area contributed by atoms with Crippen LogP contribution in [0.1, 0.15) is 31.9 Å². The van der Waals surface area contributed by atoms with Crippen molar-refractivity contribution in [2.45, 2.75) is 46.7 Å². The highest BCUT2D eigenvalue weighted by Crippen LogP contribution is 2.22. The van der Waals surface area contributed by atoms with Gasteiger partial charge in [0.15, 0.2) is 0 Å². The van der Waals surface area contributed by atoms with Gasteiger partial charge in [-0.25, -0.2) is 0 Å². The number of nitrogens with two attached hydrogens (primary N) is 1. The molecule has 0 spiro atoms. The number of aryl methyl sites for hydroxylation is 2. The maximum atomic E-state index is 11.8. The van der Waals surface area contributed by atoms with Crippen LogP contribution in [-0.4, -0.2) is 24.6 Å². The Bertz CT molecular complexity index is 438. The van der Waals surface area contributed by atoms with Gasteiger partial charge in [0.1, 0.15) is 12.4 Å². The average Bonchev–Trinajstić information content (AvgIpc) is 2.36. The largest absolute Gasteiger partial charge is 0.491 e. The second-order valence-corrected chi connectivity index (χ2v) is 5.71. The minimum Gasteiger partial charge on any atom is -0.491 e. The second-order valence-electron chi connectivity index (χ2n) is 5.71. The zero-order valence-corrected chi connectivity index (χ0v) is 13.1. The molecule has 20 heavy (non-hydrogen) atoms. The number of para-hydroxylation sites is 1. The van der Waals surface area contributed by atoms with E-state index in [-0.39, 0.29) is 17.9 Å². The van der Waals surface area contributed by atoms with Gasteiger partial charge < -0.3 is 15.8 Å². The fourth-order valence-corrected chi connectivity index (χ4v) is 1.92. The number of hydrogen-bond acceptors (Lipinski definition) is 3. The van der Waals surface area contributed by atoms with Gasteiger partial charge in [-0.15, -0.1) is 0 Å². The number of nitrogens with one attached hydrogen (secondary N) is 1. The molecule has 2 atom stereocenters. The van der Waals surface area contributed by atoms with Crippen molar-refractivity contribution >= 4 is 5.91 Å². The fourth-order valence-electron chi connectivity index (χ4n) is 1.92. The Morgan fingerprint density at radius 3 is 2.30 bits per heavy atom. The first-order valence-electron chi connectivity index (χ1n) is 7.08. The summed E-state index contributed by atoms with van der Waals surface area (Å²) >= 11 is 0. The van der Waals surface area contributed by atoms with Crippen molar-refractivity contribution in [1.29, 1.82) is 0 Å². The predicted octanol–water partition coefficient (Wildman–Crippen LogP) is 2.17.